The molecule has 0 aromatic heterocycles. The summed E-state index contributed by atoms with van der Waals surface area (Å²) in [6.07, 6.45) is 1.44. The van der Waals surface area contributed by atoms with Gasteiger partial charge in [-0.1, -0.05) is 29.8 Å². The Kier molecular flexibility index (Phi) is 5.86. The van der Waals surface area contributed by atoms with E-state index in [1.165, 1.54) is 5.56 Å². The smallest absolute Gasteiger partial charge is 0.224 e. The van der Waals surface area contributed by atoms with E-state index >= 15 is 0 Å². The quantitative estimate of drug-likeness (QED) is 0.835. The third kappa shape index (κ3) is 5.82. The molecule has 0 radical (unpaired) electrons. The number of amides is 1. The van der Waals surface area contributed by atoms with Gasteiger partial charge in [-0.05, 0) is 46.5 Å². The molecule has 0 aliphatic heterocycles. The van der Waals surface area contributed by atoms with Gasteiger partial charge in [0, 0.05) is 6.04 Å². The maximum absolute atomic E-state index is 11.8. The molecule has 3 heteroatoms. The van der Waals surface area contributed by atoms with Crippen molar-refractivity contribution in [2.45, 2.75) is 32.7 Å². The van der Waals surface area contributed by atoms with Gasteiger partial charge in [-0.3, -0.25) is 4.79 Å². The number of benzene rings is 1. The van der Waals surface area contributed by atoms with Crippen LogP contribution in [0.4, 0.5) is 0 Å². The Hall–Kier alpha value is -1.35. The van der Waals surface area contributed by atoms with Gasteiger partial charge in [0.2, 0.25) is 5.91 Å². The SMILES string of the molecule is Cc1ccc(CC(=O)NC(C)CCN(C)C)cc1. The molecular formula is C15H24N2O. The predicted molar refractivity (Wildman–Crippen MR) is 75.7 cm³/mol. The van der Waals surface area contributed by atoms with Crippen LogP contribution in [0.25, 0.3) is 0 Å². The van der Waals surface area contributed by atoms with E-state index in [9.17, 15) is 4.79 Å². The third-order valence-electron chi connectivity index (χ3n) is 2.90. The molecule has 0 heterocycles. The summed E-state index contributed by atoms with van der Waals surface area (Å²) < 4.78 is 0. The molecule has 0 saturated heterocycles. The molecular weight excluding hydrogens is 224 g/mol. The number of nitrogens with zero attached hydrogens (tertiary/aromatic N) is 1. The average Bonchev–Trinajstić information content (AvgIpc) is 2.29. The van der Waals surface area contributed by atoms with Crippen LogP contribution in [0.15, 0.2) is 24.3 Å². The number of hydrogen-bond acceptors (Lipinski definition) is 2. The van der Waals surface area contributed by atoms with E-state index in [2.05, 4.69) is 17.1 Å². The molecule has 0 spiro atoms. The zero-order valence-electron chi connectivity index (χ0n) is 11.9. The second-order valence-electron chi connectivity index (χ2n) is 5.22. The van der Waals surface area contributed by atoms with Crippen LogP contribution in [-0.4, -0.2) is 37.5 Å². The van der Waals surface area contributed by atoms with Crippen molar-refractivity contribution in [2.24, 2.45) is 0 Å². The fraction of sp³-hybridized carbons (Fsp3) is 0.533. The molecule has 0 aliphatic rings. The van der Waals surface area contributed by atoms with Crippen LogP contribution in [0.5, 0.6) is 0 Å². The van der Waals surface area contributed by atoms with Crippen molar-refractivity contribution >= 4 is 5.91 Å². The van der Waals surface area contributed by atoms with Gasteiger partial charge in [-0.2, -0.15) is 0 Å². The summed E-state index contributed by atoms with van der Waals surface area (Å²) in [5.41, 5.74) is 2.29. The lowest BCUT2D eigenvalue weighted by Crippen LogP contribution is -2.35. The molecule has 3 nitrogen and oxygen atoms in total. The summed E-state index contributed by atoms with van der Waals surface area (Å²) >= 11 is 0. The zero-order chi connectivity index (χ0) is 13.5. The molecule has 0 saturated carbocycles. The van der Waals surface area contributed by atoms with Crippen molar-refractivity contribution in [2.75, 3.05) is 20.6 Å². The second kappa shape index (κ2) is 7.17. The molecule has 1 N–H and O–H groups in total. The van der Waals surface area contributed by atoms with E-state index in [0.29, 0.717) is 6.42 Å². The van der Waals surface area contributed by atoms with Gasteiger partial charge < -0.3 is 10.2 Å². The molecule has 18 heavy (non-hydrogen) atoms. The maximum Gasteiger partial charge on any atom is 0.224 e. The van der Waals surface area contributed by atoms with Crippen LogP contribution in [0, 0.1) is 6.92 Å². The number of nitrogens with one attached hydrogen (secondary N) is 1. The summed E-state index contributed by atoms with van der Waals surface area (Å²) in [4.78, 5) is 14.0. The number of carbonyl (C=O) groups excluding carboxylic acids is 1. The molecule has 1 atom stereocenters. The predicted octanol–water partition coefficient (Wildman–Crippen LogP) is 1.99. The zero-order valence-corrected chi connectivity index (χ0v) is 11.9. The standard InChI is InChI=1S/C15H24N2O/c1-12-5-7-14(8-6-12)11-15(18)16-13(2)9-10-17(3)4/h5-8,13H,9-11H2,1-4H3,(H,16,18). The topological polar surface area (TPSA) is 32.3 Å². The summed E-state index contributed by atoms with van der Waals surface area (Å²) in [5, 5.41) is 3.03. The van der Waals surface area contributed by atoms with Crippen molar-refractivity contribution in [1.29, 1.82) is 0 Å². The van der Waals surface area contributed by atoms with Crippen molar-refractivity contribution < 1.29 is 4.79 Å². The fourth-order valence-corrected chi connectivity index (χ4v) is 1.74. The van der Waals surface area contributed by atoms with E-state index in [0.717, 1.165) is 18.5 Å². The van der Waals surface area contributed by atoms with Crippen LogP contribution >= 0.6 is 0 Å². The largest absolute Gasteiger partial charge is 0.353 e. The van der Waals surface area contributed by atoms with Crippen LogP contribution in [0.3, 0.4) is 0 Å². The second-order valence-corrected chi connectivity index (χ2v) is 5.22. The van der Waals surface area contributed by atoms with Gasteiger partial charge in [-0.15, -0.1) is 0 Å². The first-order chi connectivity index (χ1) is 8.47. The molecule has 0 aliphatic carbocycles. The Morgan fingerprint density at radius 2 is 1.89 bits per heavy atom. The minimum absolute atomic E-state index is 0.102. The number of carbonyl (C=O) groups is 1. The number of hydrogen-bond donors (Lipinski definition) is 1. The Morgan fingerprint density at radius 3 is 2.44 bits per heavy atom. The Bertz CT molecular complexity index is 371. The van der Waals surface area contributed by atoms with Crippen molar-refractivity contribution in [1.82, 2.24) is 10.2 Å². The first-order valence-corrected chi connectivity index (χ1v) is 6.47. The molecule has 1 unspecified atom stereocenters. The lowest BCUT2D eigenvalue weighted by Gasteiger charge is -2.16. The molecule has 0 fully saturated rings. The van der Waals surface area contributed by atoms with Gasteiger partial charge in [0.25, 0.3) is 0 Å². The Labute approximate surface area is 110 Å². The van der Waals surface area contributed by atoms with Crippen LogP contribution in [0.2, 0.25) is 0 Å². The van der Waals surface area contributed by atoms with Crippen LogP contribution in [0.1, 0.15) is 24.5 Å². The Balaban J connectivity index is 2.34. The minimum atomic E-state index is 0.102. The van der Waals surface area contributed by atoms with Gasteiger partial charge in [0.15, 0.2) is 0 Å². The molecule has 100 valence electrons. The number of rotatable bonds is 6. The molecule has 1 amide bonds. The first-order valence-electron chi connectivity index (χ1n) is 6.47. The maximum atomic E-state index is 11.8. The monoisotopic (exact) mass is 248 g/mol. The molecule has 0 bridgehead atoms. The van der Waals surface area contributed by atoms with Crippen LogP contribution in [-0.2, 0) is 11.2 Å². The lowest BCUT2D eigenvalue weighted by atomic mass is 10.1. The van der Waals surface area contributed by atoms with Gasteiger partial charge in [0.05, 0.1) is 6.42 Å². The highest BCUT2D eigenvalue weighted by atomic mass is 16.1. The number of aryl methyl sites for hydroxylation is 1. The third-order valence-corrected chi connectivity index (χ3v) is 2.90. The van der Waals surface area contributed by atoms with E-state index in [1.54, 1.807) is 0 Å². The highest BCUT2D eigenvalue weighted by Gasteiger charge is 2.08. The molecule has 1 aromatic rings. The van der Waals surface area contributed by atoms with Crippen molar-refractivity contribution in [3.8, 4) is 0 Å². The fourth-order valence-electron chi connectivity index (χ4n) is 1.74. The minimum Gasteiger partial charge on any atom is -0.353 e. The van der Waals surface area contributed by atoms with Crippen molar-refractivity contribution in [3.63, 3.8) is 0 Å². The van der Waals surface area contributed by atoms with Gasteiger partial charge in [0.1, 0.15) is 0 Å². The van der Waals surface area contributed by atoms with Gasteiger partial charge in [-0.25, -0.2) is 0 Å². The van der Waals surface area contributed by atoms with Crippen molar-refractivity contribution in [3.05, 3.63) is 35.4 Å². The van der Waals surface area contributed by atoms with E-state index in [1.807, 2.05) is 45.3 Å². The highest BCUT2D eigenvalue weighted by molar-refractivity contribution is 5.78. The van der Waals surface area contributed by atoms with E-state index < -0.39 is 0 Å². The molecule has 1 rings (SSSR count). The lowest BCUT2D eigenvalue weighted by molar-refractivity contribution is -0.121. The Morgan fingerprint density at radius 1 is 1.28 bits per heavy atom. The van der Waals surface area contributed by atoms with Crippen LogP contribution < -0.4 is 5.32 Å². The normalized spacial score (nSPS) is 12.5. The summed E-state index contributed by atoms with van der Waals surface area (Å²) in [6.45, 7) is 5.09. The highest BCUT2D eigenvalue weighted by Crippen LogP contribution is 2.04. The summed E-state index contributed by atoms with van der Waals surface area (Å²) in [7, 11) is 4.09. The van der Waals surface area contributed by atoms with Gasteiger partial charge >= 0.3 is 0 Å². The molecule has 1 aromatic carbocycles. The van der Waals surface area contributed by atoms with E-state index in [-0.39, 0.29) is 11.9 Å². The average molecular weight is 248 g/mol. The summed E-state index contributed by atoms with van der Waals surface area (Å²) in [5.74, 6) is 0.102. The van der Waals surface area contributed by atoms with E-state index in [4.69, 9.17) is 0 Å². The first kappa shape index (κ1) is 14.7. The summed E-state index contributed by atoms with van der Waals surface area (Å²) in [6, 6.07) is 8.33.